The van der Waals surface area contributed by atoms with Crippen molar-refractivity contribution in [1.82, 2.24) is 14.5 Å². The number of non-ortho nitro benzene ring substituents is 1. The van der Waals surface area contributed by atoms with Gasteiger partial charge in [0.1, 0.15) is 0 Å². The van der Waals surface area contributed by atoms with Crippen LogP contribution >= 0.6 is 0 Å². The van der Waals surface area contributed by atoms with Gasteiger partial charge < -0.3 is 4.90 Å². The smallest absolute Gasteiger partial charge is 0.269 e. The Balaban J connectivity index is 1.70. The minimum absolute atomic E-state index is 0.0571. The number of nitrogens with zero attached hydrogens (tertiary/aromatic N) is 5. The lowest BCUT2D eigenvalue weighted by molar-refractivity contribution is -0.384. The molecule has 0 aliphatic carbocycles. The summed E-state index contributed by atoms with van der Waals surface area (Å²) in [6.45, 7) is 3.49. The molecule has 1 saturated heterocycles. The summed E-state index contributed by atoms with van der Waals surface area (Å²) in [7, 11) is -3.67. The van der Waals surface area contributed by atoms with Crippen LogP contribution in [-0.4, -0.2) is 54.0 Å². The normalized spacial score (nSPS) is 16.0. The van der Waals surface area contributed by atoms with Crippen molar-refractivity contribution >= 4 is 21.5 Å². The second kappa shape index (κ2) is 6.73. The van der Waals surface area contributed by atoms with Gasteiger partial charge in [0.25, 0.3) is 5.69 Å². The Morgan fingerprint density at radius 3 is 2.16 bits per heavy atom. The van der Waals surface area contributed by atoms with Crippen LogP contribution in [0.2, 0.25) is 0 Å². The lowest BCUT2D eigenvalue weighted by atomic mass is 10.3. The van der Waals surface area contributed by atoms with Crippen molar-refractivity contribution < 1.29 is 13.3 Å². The lowest BCUT2D eigenvalue weighted by Crippen LogP contribution is -2.49. The number of aryl methyl sites for hydroxylation is 1. The first-order valence-electron chi connectivity index (χ1n) is 7.68. The topological polar surface area (TPSA) is 110 Å². The number of piperazine rings is 1. The fourth-order valence-corrected chi connectivity index (χ4v) is 4.03. The molecule has 0 radical (unpaired) electrons. The first-order valence-corrected chi connectivity index (χ1v) is 9.12. The van der Waals surface area contributed by atoms with Gasteiger partial charge in [-0.1, -0.05) is 0 Å². The maximum Gasteiger partial charge on any atom is 0.269 e. The molecular weight excluding hydrogens is 346 g/mol. The zero-order chi connectivity index (χ0) is 18.0. The molecule has 0 N–H and O–H groups in total. The Labute approximate surface area is 145 Å². The van der Waals surface area contributed by atoms with Gasteiger partial charge in [-0.25, -0.2) is 8.42 Å². The number of nitro benzene ring substituents is 1. The maximum absolute atomic E-state index is 12.7. The average molecular weight is 363 g/mol. The predicted molar refractivity (Wildman–Crippen MR) is 90.8 cm³/mol. The molecule has 1 aliphatic rings. The van der Waals surface area contributed by atoms with Crippen molar-refractivity contribution in [2.24, 2.45) is 0 Å². The zero-order valence-corrected chi connectivity index (χ0v) is 14.4. The van der Waals surface area contributed by atoms with Crippen LogP contribution in [0.5, 0.6) is 0 Å². The quantitative estimate of drug-likeness (QED) is 0.593. The van der Waals surface area contributed by atoms with Crippen molar-refractivity contribution in [3.63, 3.8) is 0 Å². The minimum atomic E-state index is -3.67. The zero-order valence-electron chi connectivity index (χ0n) is 13.6. The molecule has 2 aromatic rings. The van der Waals surface area contributed by atoms with Gasteiger partial charge in [-0.15, -0.1) is 5.10 Å². The van der Waals surface area contributed by atoms with Crippen molar-refractivity contribution in [2.45, 2.75) is 11.8 Å². The Morgan fingerprint density at radius 1 is 1.00 bits per heavy atom. The molecular formula is C15H17N5O4S. The van der Waals surface area contributed by atoms with Gasteiger partial charge in [0, 0.05) is 38.3 Å². The van der Waals surface area contributed by atoms with E-state index in [-0.39, 0.29) is 10.6 Å². The van der Waals surface area contributed by atoms with Crippen LogP contribution in [0.4, 0.5) is 11.5 Å². The van der Waals surface area contributed by atoms with Gasteiger partial charge in [0.15, 0.2) is 5.82 Å². The average Bonchev–Trinajstić information content (AvgIpc) is 2.62. The fourth-order valence-electron chi connectivity index (χ4n) is 2.61. The number of rotatable bonds is 4. The van der Waals surface area contributed by atoms with Crippen LogP contribution in [0.25, 0.3) is 0 Å². The highest BCUT2D eigenvalue weighted by atomic mass is 32.2. The van der Waals surface area contributed by atoms with E-state index in [1.54, 1.807) is 0 Å². The Kier molecular flexibility index (Phi) is 4.64. The van der Waals surface area contributed by atoms with Crippen molar-refractivity contribution in [1.29, 1.82) is 0 Å². The summed E-state index contributed by atoms with van der Waals surface area (Å²) in [5, 5.41) is 18.8. The van der Waals surface area contributed by atoms with Crippen LogP contribution in [0.3, 0.4) is 0 Å². The largest absolute Gasteiger partial charge is 0.352 e. The molecule has 2 heterocycles. The standard InChI is InChI=1S/C15H17N5O4S/c1-12-2-7-15(17-16-12)18-8-10-19(11-9-18)25(23,24)14-5-3-13(4-6-14)20(21)22/h2-7H,8-11H2,1H3. The van der Waals surface area contributed by atoms with Crippen LogP contribution in [-0.2, 0) is 10.0 Å². The predicted octanol–water partition coefficient (Wildman–Crippen LogP) is 1.20. The van der Waals surface area contributed by atoms with Crippen molar-refractivity contribution in [3.8, 4) is 0 Å². The maximum atomic E-state index is 12.7. The van der Waals surface area contributed by atoms with Gasteiger partial charge in [0.2, 0.25) is 10.0 Å². The van der Waals surface area contributed by atoms with E-state index in [1.165, 1.54) is 28.6 Å². The molecule has 3 rings (SSSR count). The van der Waals surface area contributed by atoms with E-state index < -0.39 is 14.9 Å². The third kappa shape index (κ3) is 3.59. The second-order valence-electron chi connectivity index (χ2n) is 5.68. The molecule has 9 nitrogen and oxygen atoms in total. The van der Waals surface area contributed by atoms with Gasteiger partial charge in [-0.2, -0.15) is 9.40 Å². The second-order valence-corrected chi connectivity index (χ2v) is 7.61. The third-order valence-electron chi connectivity index (χ3n) is 4.03. The van der Waals surface area contributed by atoms with Gasteiger partial charge in [-0.3, -0.25) is 10.1 Å². The molecule has 132 valence electrons. The SMILES string of the molecule is Cc1ccc(N2CCN(S(=O)(=O)c3ccc([N+](=O)[O-])cc3)CC2)nn1. The van der Waals surface area contributed by atoms with E-state index >= 15 is 0 Å². The molecule has 0 bridgehead atoms. The highest BCUT2D eigenvalue weighted by molar-refractivity contribution is 7.89. The Morgan fingerprint density at radius 2 is 1.64 bits per heavy atom. The van der Waals surface area contributed by atoms with E-state index in [1.807, 2.05) is 24.0 Å². The number of nitro groups is 1. The number of sulfonamides is 1. The first kappa shape index (κ1) is 17.2. The molecule has 25 heavy (non-hydrogen) atoms. The number of hydrogen-bond donors (Lipinski definition) is 0. The number of hydrogen-bond acceptors (Lipinski definition) is 7. The molecule has 0 spiro atoms. The molecule has 0 unspecified atom stereocenters. The van der Waals surface area contributed by atoms with Crippen LogP contribution in [0.1, 0.15) is 5.69 Å². The van der Waals surface area contributed by atoms with Gasteiger partial charge >= 0.3 is 0 Å². The van der Waals surface area contributed by atoms with E-state index in [0.29, 0.717) is 26.2 Å². The summed E-state index contributed by atoms with van der Waals surface area (Å²) >= 11 is 0. The molecule has 1 aromatic heterocycles. The van der Waals surface area contributed by atoms with Crippen LogP contribution < -0.4 is 4.90 Å². The Hall–Kier alpha value is -2.59. The summed E-state index contributed by atoms with van der Waals surface area (Å²) in [6.07, 6.45) is 0. The van der Waals surface area contributed by atoms with E-state index in [4.69, 9.17) is 0 Å². The highest BCUT2D eigenvalue weighted by Crippen LogP contribution is 2.22. The molecule has 10 heteroatoms. The molecule has 0 amide bonds. The molecule has 1 aliphatic heterocycles. The van der Waals surface area contributed by atoms with E-state index in [2.05, 4.69) is 10.2 Å². The highest BCUT2D eigenvalue weighted by Gasteiger charge is 2.29. The third-order valence-corrected chi connectivity index (χ3v) is 5.94. The van der Waals surface area contributed by atoms with Gasteiger partial charge in [-0.05, 0) is 31.2 Å². The summed E-state index contributed by atoms with van der Waals surface area (Å²) in [5.74, 6) is 0.720. The minimum Gasteiger partial charge on any atom is -0.352 e. The number of benzene rings is 1. The van der Waals surface area contributed by atoms with Crippen LogP contribution in [0.15, 0.2) is 41.3 Å². The molecule has 1 fully saturated rings. The fraction of sp³-hybridized carbons (Fsp3) is 0.333. The van der Waals surface area contributed by atoms with Crippen molar-refractivity contribution in [2.75, 3.05) is 31.1 Å². The Bertz CT molecular complexity index is 860. The van der Waals surface area contributed by atoms with E-state index in [0.717, 1.165) is 11.5 Å². The molecule has 0 saturated carbocycles. The summed E-state index contributed by atoms with van der Waals surface area (Å²) < 4.78 is 26.7. The molecule has 0 atom stereocenters. The first-order chi connectivity index (χ1) is 11.9. The number of anilines is 1. The van der Waals surface area contributed by atoms with Gasteiger partial charge in [0.05, 0.1) is 15.5 Å². The summed E-state index contributed by atoms with van der Waals surface area (Å²) in [6, 6.07) is 8.66. The summed E-state index contributed by atoms with van der Waals surface area (Å²) in [5.41, 5.74) is 0.685. The van der Waals surface area contributed by atoms with Crippen molar-refractivity contribution in [3.05, 3.63) is 52.2 Å². The van der Waals surface area contributed by atoms with Crippen LogP contribution in [0, 0.1) is 17.0 Å². The number of aromatic nitrogens is 2. The summed E-state index contributed by atoms with van der Waals surface area (Å²) in [4.78, 5) is 12.2. The van der Waals surface area contributed by atoms with E-state index in [9.17, 15) is 18.5 Å². The lowest BCUT2D eigenvalue weighted by Gasteiger charge is -2.34. The monoisotopic (exact) mass is 363 g/mol. The molecule has 1 aromatic carbocycles.